The number of hydrogen-bond donors (Lipinski definition) is 2. The molecular formula is C6H10Ag2O4. The van der Waals surface area contributed by atoms with E-state index in [9.17, 15) is 9.59 Å². The Labute approximate surface area is 102 Å². The van der Waals surface area contributed by atoms with Crippen LogP contribution in [0.15, 0.2) is 0 Å². The van der Waals surface area contributed by atoms with Crippen molar-refractivity contribution < 1.29 is 64.6 Å². The number of carboxylic acid groups (broad SMARTS) is 2. The summed E-state index contributed by atoms with van der Waals surface area (Å²) in [5.41, 5.74) is 0. The quantitative estimate of drug-likeness (QED) is 0.567. The summed E-state index contributed by atoms with van der Waals surface area (Å²) in [7, 11) is 0. The van der Waals surface area contributed by atoms with Crippen molar-refractivity contribution in [3.05, 3.63) is 0 Å². The number of aliphatic carboxylic acids is 2. The molecule has 0 saturated heterocycles. The minimum Gasteiger partial charge on any atom is -0.481 e. The number of rotatable bonds is 4. The maximum atomic E-state index is 10.2. The van der Waals surface area contributed by atoms with Gasteiger partial charge in [-0.25, -0.2) is 0 Å². The predicted octanol–water partition coefficient (Wildman–Crippen LogP) is 0.567. The molecule has 0 spiro atoms. The summed E-state index contributed by atoms with van der Waals surface area (Å²) in [6, 6.07) is 0. The standard InChI is InChI=1S/C6H10O4.2Ag/c1-2-3-4(5(7)8)6(9)10;;/h4H,2-3H2,1H3,(H,7,8)(H,9,10);;. The fourth-order valence-electron chi connectivity index (χ4n) is 0.641. The van der Waals surface area contributed by atoms with Crippen LogP contribution >= 0.6 is 0 Å². The molecule has 0 aliphatic carbocycles. The molecule has 0 saturated carbocycles. The molecular weight excluding hydrogens is 352 g/mol. The second-order valence-electron chi connectivity index (χ2n) is 2.02. The third-order valence-corrected chi connectivity index (χ3v) is 1.17. The molecule has 0 rings (SSSR count). The molecule has 0 fully saturated rings. The second-order valence-corrected chi connectivity index (χ2v) is 2.02. The Morgan fingerprint density at radius 1 is 1.17 bits per heavy atom. The van der Waals surface area contributed by atoms with Crippen molar-refractivity contribution >= 4 is 11.9 Å². The Kier molecular flexibility index (Phi) is 14.5. The Morgan fingerprint density at radius 2 is 1.50 bits per heavy atom. The zero-order valence-electron chi connectivity index (χ0n) is 6.31. The molecule has 12 heavy (non-hydrogen) atoms. The molecule has 0 aromatic carbocycles. The van der Waals surface area contributed by atoms with E-state index in [0.29, 0.717) is 6.42 Å². The summed E-state index contributed by atoms with van der Waals surface area (Å²) >= 11 is 0. The van der Waals surface area contributed by atoms with Crippen LogP contribution in [0.4, 0.5) is 0 Å². The first kappa shape index (κ1) is 18.3. The van der Waals surface area contributed by atoms with E-state index in [1.807, 2.05) is 0 Å². The fraction of sp³-hybridized carbons (Fsp3) is 0.667. The molecule has 2 N–H and O–H groups in total. The van der Waals surface area contributed by atoms with E-state index in [-0.39, 0.29) is 51.2 Å². The predicted molar refractivity (Wildman–Crippen MR) is 33.7 cm³/mol. The molecule has 2 radical (unpaired) electrons. The topological polar surface area (TPSA) is 74.6 Å². The van der Waals surface area contributed by atoms with Crippen molar-refractivity contribution in [1.29, 1.82) is 0 Å². The third-order valence-electron chi connectivity index (χ3n) is 1.17. The average molecular weight is 362 g/mol. The van der Waals surface area contributed by atoms with Gasteiger partial charge in [0.25, 0.3) is 0 Å². The molecule has 0 aliphatic heterocycles. The maximum absolute atomic E-state index is 10.2. The SMILES string of the molecule is CCCC(C(=O)O)C(=O)O.[Ag].[Ag]. The first-order chi connectivity index (χ1) is 4.59. The van der Waals surface area contributed by atoms with E-state index in [2.05, 4.69) is 0 Å². The summed E-state index contributed by atoms with van der Waals surface area (Å²) < 4.78 is 0. The van der Waals surface area contributed by atoms with Gasteiger partial charge in [-0.05, 0) is 6.42 Å². The van der Waals surface area contributed by atoms with E-state index >= 15 is 0 Å². The van der Waals surface area contributed by atoms with Crippen LogP contribution in [0.2, 0.25) is 0 Å². The first-order valence-corrected chi connectivity index (χ1v) is 3.05. The van der Waals surface area contributed by atoms with Gasteiger partial charge in [-0.2, -0.15) is 0 Å². The number of carbonyl (C=O) groups is 2. The van der Waals surface area contributed by atoms with Crippen LogP contribution in [0.3, 0.4) is 0 Å². The molecule has 0 amide bonds. The summed E-state index contributed by atoms with van der Waals surface area (Å²) in [6.45, 7) is 1.75. The average Bonchev–Trinajstić information content (AvgIpc) is 1.81. The summed E-state index contributed by atoms with van der Waals surface area (Å²) in [6.07, 6.45) is 0.772. The van der Waals surface area contributed by atoms with Crippen LogP contribution < -0.4 is 0 Å². The monoisotopic (exact) mass is 360 g/mol. The van der Waals surface area contributed by atoms with Crippen LogP contribution in [-0.2, 0) is 54.3 Å². The van der Waals surface area contributed by atoms with Gasteiger partial charge in [0.1, 0.15) is 0 Å². The van der Waals surface area contributed by atoms with Gasteiger partial charge in [-0.1, -0.05) is 13.3 Å². The molecule has 0 atom stereocenters. The van der Waals surface area contributed by atoms with E-state index in [1.54, 1.807) is 6.92 Å². The van der Waals surface area contributed by atoms with E-state index < -0.39 is 17.9 Å². The molecule has 0 aromatic rings. The van der Waals surface area contributed by atoms with Gasteiger partial charge in [0, 0.05) is 44.8 Å². The van der Waals surface area contributed by atoms with Crippen LogP contribution in [0.5, 0.6) is 0 Å². The van der Waals surface area contributed by atoms with E-state index in [4.69, 9.17) is 10.2 Å². The molecule has 0 aromatic heterocycles. The molecule has 0 aliphatic rings. The van der Waals surface area contributed by atoms with Gasteiger partial charge in [0.05, 0.1) is 0 Å². The van der Waals surface area contributed by atoms with Crippen molar-refractivity contribution in [3.63, 3.8) is 0 Å². The summed E-state index contributed by atoms with van der Waals surface area (Å²) in [5, 5.41) is 16.6. The number of hydrogen-bond acceptors (Lipinski definition) is 2. The van der Waals surface area contributed by atoms with Gasteiger partial charge in [-0.15, -0.1) is 0 Å². The number of carboxylic acids is 2. The minimum atomic E-state index is -1.26. The van der Waals surface area contributed by atoms with Crippen molar-refractivity contribution in [3.8, 4) is 0 Å². The van der Waals surface area contributed by atoms with Crippen LogP contribution in [-0.4, -0.2) is 22.2 Å². The first-order valence-electron chi connectivity index (χ1n) is 3.05. The van der Waals surface area contributed by atoms with Crippen LogP contribution in [0.25, 0.3) is 0 Å². The normalized spacial score (nSPS) is 8.17. The molecule has 0 unspecified atom stereocenters. The Bertz CT molecular complexity index is 134. The van der Waals surface area contributed by atoms with Crippen molar-refractivity contribution in [2.75, 3.05) is 0 Å². The van der Waals surface area contributed by atoms with Gasteiger partial charge < -0.3 is 10.2 Å². The molecule has 6 heteroatoms. The molecule has 0 heterocycles. The van der Waals surface area contributed by atoms with Crippen molar-refractivity contribution in [2.45, 2.75) is 19.8 Å². The van der Waals surface area contributed by atoms with Gasteiger partial charge in [-0.3, -0.25) is 9.59 Å². The zero-order valence-corrected chi connectivity index (χ0v) is 9.27. The minimum absolute atomic E-state index is 0. The maximum Gasteiger partial charge on any atom is 0.317 e. The smallest absolute Gasteiger partial charge is 0.317 e. The van der Waals surface area contributed by atoms with Crippen molar-refractivity contribution in [1.82, 2.24) is 0 Å². The van der Waals surface area contributed by atoms with Gasteiger partial charge >= 0.3 is 11.9 Å². The van der Waals surface area contributed by atoms with Crippen LogP contribution in [0, 0.1) is 5.92 Å². The van der Waals surface area contributed by atoms with E-state index in [0.717, 1.165) is 0 Å². The molecule has 4 nitrogen and oxygen atoms in total. The second kappa shape index (κ2) is 9.51. The summed E-state index contributed by atoms with van der Waals surface area (Å²) in [5.74, 6) is -3.74. The Morgan fingerprint density at radius 3 is 1.58 bits per heavy atom. The van der Waals surface area contributed by atoms with Crippen LogP contribution in [0.1, 0.15) is 19.8 Å². The van der Waals surface area contributed by atoms with Gasteiger partial charge in [0.15, 0.2) is 5.92 Å². The Hall–Kier alpha value is 0.421. The molecule has 80 valence electrons. The van der Waals surface area contributed by atoms with Crippen molar-refractivity contribution in [2.24, 2.45) is 5.92 Å². The zero-order chi connectivity index (χ0) is 8.15. The largest absolute Gasteiger partial charge is 0.481 e. The van der Waals surface area contributed by atoms with E-state index in [1.165, 1.54) is 0 Å². The third kappa shape index (κ3) is 7.09. The molecule has 0 bridgehead atoms. The van der Waals surface area contributed by atoms with Gasteiger partial charge in [0.2, 0.25) is 0 Å². The Balaban J connectivity index is -0.000000405. The summed E-state index contributed by atoms with van der Waals surface area (Å²) in [4.78, 5) is 20.3. The fourth-order valence-corrected chi connectivity index (χ4v) is 0.641.